The van der Waals surface area contributed by atoms with Gasteiger partial charge < -0.3 is 10.2 Å². The quantitative estimate of drug-likeness (QED) is 0.916. The van der Waals surface area contributed by atoms with E-state index in [1.54, 1.807) is 11.3 Å². The number of piperidine rings is 1. The molecule has 1 fully saturated rings. The van der Waals surface area contributed by atoms with Gasteiger partial charge in [0, 0.05) is 24.6 Å². The van der Waals surface area contributed by atoms with Gasteiger partial charge in [0.05, 0.1) is 4.88 Å². The van der Waals surface area contributed by atoms with Crippen molar-refractivity contribution < 1.29 is 0 Å². The summed E-state index contributed by atoms with van der Waals surface area (Å²) in [7, 11) is 1.84. The van der Waals surface area contributed by atoms with Crippen molar-refractivity contribution in [2.45, 2.75) is 19.3 Å². The predicted octanol–water partition coefficient (Wildman–Crippen LogP) is 3.39. The molecule has 1 saturated heterocycles. The number of anilines is 2. The highest BCUT2D eigenvalue weighted by Crippen LogP contribution is 2.32. The Morgan fingerprint density at radius 3 is 2.65 bits per heavy atom. The Balaban J connectivity index is 2.00. The molecule has 0 amide bonds. The topological polar surface area (TPSA) is 53.9 Å². The molecule has 3 rings (SSSR count). The Hall–Kier alpha value is -1.21. The minimum Gasteiger partial charge on any atom is -0.357 e. The summed E-state index contributed by atoms with van der Waals surface area (Å²) in [5.41, 5.74) is 0. The maximum atomic E-state index is 4.65. The minimum atomic E-state index is 0.621. The highest BCUT2D eigenvalue weighted by atomic mass is 79.9. The van der Waals surface area contributed by atoms with Crippen LogP contribution in [0.25, 0.3) is 10.7 Å². The second kappa shape index (κ2) is 6.05. The third-order valence-electron chi connectivity index (χ3n) is 3.31. The van der Waals surface area contributed by atoms with Gasteiger partial charge in [-0.05, 0) is 46.6 Å². The number of rotatable bonds is 3. The molecule has 7 heteroatoms. The maximum absolute atomic E-state index is 4.65. The fourth-order valence-electron chi connectivity index (χ4n) is 2.27. The van der Waals surface area contributed by atoms with Crippen LogP contribution in [-0.2, 0) is 0 Å². The van der Waals surface area contributed by atoms with Crippen molar-refractivity contribution in [3.05, 3.63) is 15.9 Å². The van der Waals surface area contributed by atoms with Gasteiger partial charge in [0.1, 0.15) is 0 Å². The van der Waals surface area contributed by atoms with Gasteiger partial charge in [-0.25, -0.2) is 0 Å². The van der Waals surface area contributed by atoms with Crippen molar-refractivity contribution in [2.75, 3.05) is 30.4 Å². The zero-order valence-electron chi connectivity index (χ0n) is 11.3. The fourth-order valence-corrected chi connectivity index (χ4v) is 3.75. The molecule has 0 spiro atoms. The number of nitrogens with one attached hydrogen (secondary N) is 1. The van der Waals surface area contributed by atoms with Gasteiger partial charge in [-0.15, -0.1) is 11.3 Å². The third-order valence-corrected chi connectivity index (χ3v) is 5.14. The summed E-state index contributed by atoms with van der Waals surface area (Å²) in [6, 6.07) is 2.02. The summed E-state index contributed by atoms with van der Waals surface area (Å²) in [6.07, 6.45) is 3.71. The maximum Gasteiger partial charge on any atom is 0.230 e. The highest BCUT2D eigenvalue weighted by Gasteiger charge is 2.17. The molecule has 0 bridgehead atoms. The summed E-state index contributed by atoms with van der Waals surface area (Å²) >= 11 is 5.18. The van der Waals surface area contributed by atoms with Crippen molar-refractivity contribution in [1.29, 1.82) is 0 Å². The zero-order chi connectivity index (χ0) is 13.9. The van der Waals surface area contributed by atoms with E-state index >= 15 is 0 Å². The molecule has 2 aromatic heterocycles. The summed E-state index contributed by atoms with van der Waals surface area (Å²) < 4.78 is 1.03. The van der Waals surface area contributed by atoms with Crippen LogP contribution < -0.4 is 10.2 Å². The van der Waals surface area contributed by atoms with Gasteiger partial charge in [-0.3, -0.25) is 0 Å². The number of halogens is 1. The molecular formula is C13H16BrN5S. The van der Waals surface area contributed by atoms with Crippen molar-refractivity contribution >= 4 is 39.2 Å². The molecule has 3 heterocycles. The molecular weight excluding hydrogens is 338 g/mol. The molecule has 20 heavy (non-hydrogen) atoms. The Bertz CT molecular complexity index is 594. The van der Waals surface area contributed by atoms with Crippen LogP contribution in [0.5, 0.6) is 0 Å². The lowest BCUT2D eigenvalue weighted by Gasteiger charge is -2.26. The van der Waals surface area contributed by atoms with E-state index in [9.17, 15) is 0 Å². The molecule has 1 aliphatic rings. The van der Waals surface area contributed by atoms with Crippen molar-refractivity contribution in [1.82, 2.24) is 15.0 Å². The summed E-state index contributed by atoms with van der Waals surface area (Å²) in [5, 5.41) is 5.06. The first-order chi connectivity index (χ1) is 9.78. The van der Waals surface area contributed by atoms with Crippen LogP contribution in [0.4, 0.5) is 11.9 Å². The monoisotopic (exact) mass is 353 g/mol. The van der Waals surface area contributed by atoms with Gasteiger partial charge in [0.25, 0.3) is 0 Å². The molecule has 1 aliphatic heterocycles. The van der Waals surface area contributed by atoms with E-state index in [-0.39, 0.29) is 0 Å². The van der Waals surface area contributed by atoms with Crippen LogP contribution >= 0.6 is 27.3 Å². The largest absolute Gasteiger partial charge is 0.357 e. The Morgan fingerprint density at radius 1 is 1.20 bits per heavy atom. The lowest BCUT2D eigenvalue weighted by Crippen LogP contribution is -2.31. The molecule has 2 aromatic rings. The first-order valence-electron chi connectivity index (χ1n) is 6.70. The molecule has 5 nitrogen and oxygen atoms in total. The van der Waals surface area contributed by atoms with Crippen LogP contribution in [0.3, 0.4) is 0 Å². The molecule has 106 valence electrons. The van der Waals surface area contributed by atoms with Crippen LogP contribution in [0.2, 0.25) is 0 Å². The molecule has 0 saturated carbocycles. The summed E-state index contributed by atoms with van der Waals surface area (Å²) in [5.74, 6) is 2.13. The van der Waals surface area contributed by atoms with E-state index in [1.807, 2.05) is 18.5 Å². The van der Waals surface area contributed by atoms with Crippen LogP contribution in [0.15, 0.2) is 15.9 Å². The lowest BCUT2D eigenvalue weighted by atomic mass is 10.1. The second-order valence-electron chi connectivity index (χ2n) is 4.68. The number of aromatic nitrogens is 3. The van der Waals surface area contributed by atoms with E-state index in [0.717, 1.165) is 34.2 Å². The second-order valence-corrected chi connectivity index (χ2v) is 6.45. The van der Waals surface area contributed by atoms with Crippen molar-refractivity contribution in [2.24, 2.45) is 0 Å². The van der Waals surface area contributed by atoms with Gasteiger partial charge in [-0.2, -0.15) is 15.0 Å². The molecule has 0 aliphatic carbocycles. The van der Waals surface area contributed by atoms with Gasteiger partial charge >= 0.3 is 0 Å². The van der Waals surface area contributed by atoms with E-state index < -0.39 is 0 Å². The smallest absolute Gasteiger partial charge is 0.230 e. The van der Waals surface area contributed by atoms with Gasteiger partial charge in [0.2, 0.25) is 11.9 Å². The van der Waals surface area contributed by atoms with Gasteiger partial charge in [-0.1, -0.05) is 0 Å². The average molecular weight is 354 g/mol. The van der Waals surface area contributed by atoms with Crippen LogP contribution in [0.1, 0.15) is 19.3 Å². The van der Waals surface area contributed by atoms with E-state index in [2.05, 4.69) is 41.1 Å². The molecule has 0 radical (unpaired) electrons. The van der Waals surface area contributed by atoms with Crippen LogP contribution in [-0.4, -0.2) is 35.1 Å². The number of hydrogen-bond donors (Lipinski definition) is 1. The van der Waals surface area contributed by atoms with Crippen molar-refractivity contribution in [3.8, 4) is 10.7 Å². The third kappa shape index (κ3) is 2.78. The first-order valence-corrected chi connectivity index (χ1v) is 8.37. The predicted molar refractivity (Wildman–Crippen MR) is 86.5 cm³/mol. The zero-order valence-corrected chi connectivity index (χ0v) is 13.7. The standard InChI is InChI=1S/C13H16BrN5S/c1-15-12-16-11(10-9(14)5-8-20-10)17-13(18-12)19-6-3-2-4-7-19/h5,8H,2-4,6-7H2,1H3,(H,15,16,17,18). The number of hydrogen-bond acceptors (Lipinski definition) is 6. The molecule has 1 N–H and O–H groups in total. The van der Waals surface area contributed by atoms with Gasteiger partial charge in [0.15, 0.2) is 5.82 Å². The highest BCUT2D eigenvalue weighted by molar-refractivity contribution is 9.10. The lowest BCUT2D eigenvalue weighted by molar-refractivity contribution is 0.568. The summed E-state index contributed by atoms with van der Waals surface area (Å²) in [6.45, 7) is 2.05. The van der Waals surface area contributed by atoms with Crippen molar-refractivity contribution in [3.63, 3.8) is 0 Å². The van der Waals surface area contributed by atoms with Crippen LogP contribution in [0, 0.1) is 0 Å². The SMILES string of the molecule is CNc1nc(-c2sccc2Br)nc(N2CCCCC2)n1. The number of thiophene rings is 1. The summed E-state index contributed by atoms with van der Waals surface area (Å²) in [4.78, 5) is 16.9. The van der Waals surface area contributed by atoms with E-state index in [1.165, 1.54) is 19.3 Å². The minimum absolute atomic E-state index is 0.621. The average Bonchev–Trinajstić information content (AvgIpc) is 2.94. The Labute approximate surface area is 130 Å². The molecule has 0 atom stereocenters. The normalized spacial score (nSPS) is 15.4. The fraction of sp³-hybridized carbons (Fsp3) is 0.462. The van der Waals surface area contributed by atoms with E-state index in [0.29, 0.717) is 5.95 Å². The first kappa shape index (κ1) is 13.8. The Morgan fingerprint density at radius 2 is 2.00 bits per heavy atom. The molecule has 0 unspecified atom stereocenters. The number of nitrogens with zero attached hydrogens (tertiary/aromatic N) is 4. The van der Waals surface area contributed by atoms with E-state index in [4.69, 9.17) is 0 Å². The molecule has 0 aromatic carbocycles. The Kier molecular flexibility index (Phi) is 4.16.